The molecule has 0 aliphatic heterocycles. The second kappa shape index (κ2) is 7.49. The Labute approximate surface area is 112 Å². The van der Waals surface area contributed by atoms with Crippen LogP contribution < -0.4 is 5.73 Å². The van der Waals surface area contributed by atoms with Crippen LogP contribution in [0.3, 0.4) is 0 Å². The molecule has 0 aromatic rings. The highest BCUT2D eigenvalue weighted by atomic mass is 32.2. The zero-order valence-electron chi connectivity index (χ0n) is 11.9. The van der Waals surface area contributed by atoms with Crippen LogP contribution in [0.15, 0.2) is 0 Å². The molecule has 3 nitrogen and oxygen atoms in total. The van der Waals surface area contributed by atoms with Crippen molar-refractivity contribution in [2.24, 2.45) is 11.7 Å². The number of hydrogen-bond acceptors (Lipinski definition) is 3. The van der Waals surface area contributed by atoms with E-state index in [1.54, 1.807) is 0 Å². The van der Waals surface area contributed by atoms with Gasteiger partial charge < -0.3 is 5.73 Å². The molecule has 1 aliphatic carbocycles. The molecule has 1 saturated carbocycles. The van der Waals surface area contributed by atoms with Gasteiger partial charge in [0.15, 0.2) is 9.84 Å². The van der Waals surface area contributed by atoms with Gasteiger partial charge >= 0.3 is 0 Å². The quantitative estimate of drug-likeness (QED) is 0.727. The van der Waals surface area contributed by atoms with Crippen molar-refractivity contribution >= 4 is 9.84 Å². The van der Waals surface area contributed by atoms with Crippen molar-refractivity contribution in [3.63, 3.8) is 0 Å². The monoisotopic (exact) mass is 275 g/mol. The normalized spacial score (nSPS) is 29.4. The van der Waals surface area contributed by atoms with E-state index in [1.807, 2.05) is 0 Å². The maximum Gasteiger partial charge on any atom is 0.154 e. The van der Waals surface area contributed by atoms with Crippen LogP contribution in [0.5, 0.6) is 0 Å². The molecule has 1 fully saturated rings. The average molecular weight is 275 g/mol. The summed E-state index contributed by atoms with van der Waals surface area (Å²) < 4.78 is 24.7. The highest BCUT2D eigenvalue weighted by molar-refractivity contribution is 7.92. The number of hydrogen-bond donors (Lipinski definition) is 1. The average Bonchev–Trinajstić information content (AvgIpc) is 2.32. The van der Waals surface area contributed by atoms with E-state index in [1.165, 1.54) is 0 Å². The number of sulfone groups is 1. The molecule has 0 spiro atoms. The third-order valence-corrected chi connectivity index (χ3v) is 6.46. The Morgan fingerprint density at radius 2 is 1.83 bits per heavy atom. The van der Waals surface area contributed by atoms with Crippen LogP contribution in [0.1, 0.15) is 65.2 Å². The first-order valence-electron chi connectivity index (χ1n) is 7.48. The summed E-state index contributed by atoms with van der Waals surface area (Å²) in [7, 11) is -2.98. The van der Waals surface area contributed by atoms with Gasteiger partial charge in [-0.05, 0) is 31.6 Å². The Kier molecular flexibility index (Phi) is 6.64. The third kappa shape index (κ3) is 4.54. The first-order chi connectivity index (χ1) is 8.51. The molecule has 1 aliphatic rings. The number of unbranched alkanes of at least 4 members (excludes halogenated alkanes) is 2. The molecule has 0 aromatic heterocycles. The van der Waals surface area contributed by atoms with Crippen LogP contribution in [0.2, 0.25) is 0 Å². The zero-order chi connectivity index (χ0) is 13.6. The highest BCUT2D eigenvalue weighted by Gasteiger charge is 2.36. The molecule has 0 heterocycles. The summed E-state index contributed by atoms with van der Waals surface area (Å²) in [4.78, 5) is 0. The molecule has 0 bridgehead atoms. The maximum atomic E-state index is 12.3. The second-order valence-corrected chi connectivity index (χ2v) is 8.08. The summed E-state index contributed by atoms with van der Waals surface area (Å²) >= 11 is 0. The summed E-state index contributed by atoms with van der Waals surface area (Å²) in [6.07, 6.45) is 7.92. The first kappa shape index (κ1) is 16.0. The van der Waals surface area contributed by atoms with E-state index in [0.717, 1.165) is 51.4 Å². The topological polar surface area (TPSA) is 60.2 Å². The van der Waals surface area contributed by atoms with Gasteiger partial charge in [0.05, 0.1) is 11.0 Å². The van der Waals surface area contributed by atoms with Crippen molar-refractivity contribution in [3.8, 4) is 0 Å². The van der Waals surface area contributed by atoms with Crippen molar-refractivity contribution in [1.82, 2.24) is 0 Å². The van der Waals surface area contributed by atoms with E-state index in [4.69, 9.17) is 5.73 Å². The Hall–Kier alpha value is -0.0900. The van der Waals surface area contributed by atoms with E-state index in [9.17, 15) is 8.42 Å². The number of rotatable bonds is 7. The lowest BCUT2D eigenvalue weighted by atomic mass is 9.83. The molecule has 0 saturated heterocycles. The summed E-state index contributed by atoms with van der Waals surface area (Å²) in [5.74, 6) is 0.902. The second-order valence-electron chi connectivity index (χ2n) is 5.74. The van der Waals surface area contributed by atoms with Gasteiger partial charge in [-0.25, -0.2) is 8.42 Å². The van der Waals surface area contributed by atoms with Crippen LogP contribution in [0.4, 0.5) is 0 Å². The molecule has 3 atom stereocenters. The molecule has 2 N–H and O–H groups in total. The summed E-state index contributed by atoms with van der Waals surface area (Å²) in [6, 6.07) is -0.135. The number of nitrogens with two attached hydrogens (primary N) is 1. The highest BCUT2D eigenvalue weighted by Crippen LogP contribution is 2.31. The van der Waals surface area contributed by atoms with E-state index >= 15 is 0 Å². The van der Waals surface area contributed by atoms with Crippen LogP contribution in [0.25, 0.3) is 0 Å². The Bertz CT molecular complexity index is 327. The summed E-state index contributed by atoms with van der Waals surface area (Å²) in [5, 5.41) is -0.278. The minimum atomic E-state index is -2.98. The molecule has 1 rings (SSSR count). The Morgan fingerprint density at radius 3 is 2.44 bits per heavy atom. The van der Waals surface area contributed by atoms with Crippen LogP contribution in [0, 0.1) is 5.92 Å². The minimum Gasteiger partial charge on any atom is -0.327 e. The fourth-order valence-corrected chi connectivity index (χ4v) is 5.17. The van der Waals surface area contributed by atoms with Gasteiger partial charge in [-0.3, -0.25) is 0 Å². The predicted octanol–water partition coefficient (Wildman–Crippen LogP) is 2.89. The van der Waals surface area contributed by atoms with E-state index in [2.05, 4.69) is 13.8 Å². The van der Waals surface area contributed by atoms with Crippen molar-refractivity contribution in [1.29, 1.82) is 0 Å². The molecular formula is C14H29NO2S. The van der Waals surface area contributed by atoms with Gasteiger partial charge in [-0.15, -0.1) is 0 Å². The van der Waals surface area contributed by atoms with Crippen molar-refractivity contribution < 1.29 is 8.42 Å². The lowest BCUT2D eigenvalue weighted by molar-refractivity contribution is 0.309. The van der Waals surface area contributed by atoms with Gasteiger partial charge in [0.2, 0.25) is 0 Å². The molecule has 108 valence electrons. The van der Waals surface area contributed by atoms with E-state index < -0.39 is 9.84 Å². The van der Waals surface area contributed by atoms with Crippen LogP contribution in [-0.2, 0) is 9.84 Å². The standard InChI is InChI=1S/C14H29NO2S/c1-3-5-6-10-18(16,17)14-11-12(7-4-2)8-9-13(14)15/h12-14H,3-11,15H2,1-2H3. The van der Waals surface area contributed by atoms with Crippen LogP contribution >= 0.6 is 0 Å². The maximum absolute atomic E-state index is 12.3. The van der Waals surface area contributed by atoms with Crippen LogP contribution in [-0.4, -0.2) is 25.5 Å². The van der Waals surface area contributed by atoms with Gasteiger partial charge in [0, 0.05) is 6.04 Å². The molecule has 3 unspecified atom stereocenters. The smallest absolute Gasteiger partial charge is 0.154 e. The lowest BCUT2D eigenvalue weighted by Crippen LogP contribution is -2.46. The van der Waals surface area contributed by atoms with E-state index in [0.29, 0.717) is 11.7 Å². The first-order valence-corrected chi connectivity index (χ1v) is 9.20. The predicted molar refractivity (Wildman–Crippen MR) is 77.3 cm³/mol. The van der Waals surface area contributed by atoms with Gasteiger partial charge in [-0.2, -0.15) is 0 Å². The molecule has 0 radical (unpaired) electrons. The van der Waals surface area contributed by atoms with Crippen molar-refractivity contribution in [2.45, 2.75) is 76.5 Å². The lowest BCUT2D eigenvalue weighted by Gasteiger charge is -2.33. The minimum absolute atomic E-state index is 0.135. The summed E-state index contributed by atoms with van der Waals surface area (Å²) in [5.41, 5.74) is 6.05. The molecule has 4 heteroatoms. The van der Waals surface area contributed by atoms with Gasteiger partial charge in [0.25, 0.3) is 0 Å². The third-order valence-electron chi connectivity index (χ3n) is 4.14. The zero-order valence-corrected chi connectivity index (χ0v) is 12.7. The van der Waals surface area contributed by atoms with Gasteiger partial charge in [0.1, 0.15) is 0 Å². The Morgan fingerprint density at radius 1 is 1.11 bits per heavy atom. The Balaban J connectivity index is 2.60. The largest absolute Gasteiger partial charge is 0.327 e. The van der Waals surface area contributed by atoms with Crippen molar-refractivity contribution in [2.75, 3.05) is 5.75 Å². The van der Waals surface area contributed by atoms with Gasteiger partial charge in [-0.1, -0.05) is 39.5 Å². The molecule has 18 heavy (non-hydrogen) atoms. The SMILES string of the molecule is CCCCCS(=O)(=O)C1CC(CCC)CCC1N. The molecular weight excluding hydrogens is 246 g/mol. The van der Waals surface area contributed by atoms with E-state index in [-0.39, 0.29) is 11.3 Å². The summed E-state index contributed by atoms with van der Waals surface area (Å²) in [6.45, 7) is 4.26. The van der Waals surface area contributed by atoms with Crippen molar-refractivity contribution in [3.05, 3.63) is 0 Å². The molecule has 0 aromatic carbocycles. The molecule has 0 amide bonds. The fraction of sp³-hybridized carbons (Fsp3) is 1.00. The fourth-order valence-electron chi connectivity index (χ4n) is 3.02.